The molecule has 26 heavy (non-hydrogen) atoms. The van der Waals surface area contributed by atoms with Crippen LogP contribution in [-0.4, -0.2) is 31.6 Å². The average molecular weight is 415 g/mol. The zero-order chi connectivity index (χ0) is 19.1. The molecule has 0 atom stereocenters. The molecule has 134 valence electrons. The van der Waals surface area contributed by atoms with Gasteiger partial charge in [-0.1, -0.05) is 18.2 Å². The van der Waals surface area contributed by atoms with Crippen molar-refractivity contribution in [2.24, 2.45) is 0 Å². The topological polar surface area (TPSA) is 62.6 Å². The maximum Gasteiger partial charge on any atom is 0.254 e. The Bertz CT molecular complexity index is 833. The minimum atomic E-state index is -0.184. The van der Waals surface area contributed by atoms with Crippen molar-refractivity contribution >= 4 is 21.8 Å². The Morgan fingerprint density at radius 3 is 2.46 bits per heavy atom. The molecule has 0 aromatic heterocycles. The summed E-state index contributed by atoms with van der Waals surface area (Å²) >= 11 is 3.40. The first-order valence-electron chi connectivity index (χ1n) is 7.84. The zero-order valence-electron chi connectivity index (χ0n) is 14.7. The average Bonchev–Trinajstić information content (AvgIpc) is 2.67. The van der Waals surface area contributed by atoms with E-state index in [0.29, 0.717) is 40.2 Å². The number of nitriles is 1. The predicted molar refractivity (Wildman–Crippen MR) is 103 cm³/mol. The summed E-state index contributed by atoms with van der Waals surface area (Å²) in [7, 11) is 3.06. The summed E-state index contributed by atoms with van der Waals surface area (Å²) in [4.78, 5) is 14.7. The number of benzene rings is 2. The number of hydrogen-bond donors (Lipinski definition) is 0. The molecule has 0 unspecified atom stereocenters. The first-order valence-corrected chi connectivity index (χ1v) is 8.64. The highest BCUT2D eigenvalue weighted by molar-refractivity contribution is 9.10. The number of methoxy groups -OCH3 is 2. The second kappa shape index (κ2) is 9.07. The van der Waals surface area contributed by atoms with Gasteiger partial charge in [-0.15, -0.1) is 6.58 Å². The van der Waals surface area contributed by atoms with Crippen molar-refractivity contribution in [1.82, 2.24) is 4.90 Å². The molecular weight excluding hydrogens is 396 g/mol. The van der Waals surface area contributed by atoms with Gasteiger partial charge in [-0.25, -0.2) is 0 Å². The molecule has 0 heterocycles. The normalized spacial score (nSPS) is 9.92. The molecule has 2 rings (SSSR count). The monoisotopic (exact) mass is 414 g/mol. The Hall–Kier alpha value is -2.78. The van der Waals surface area contributed by atoms with Gasteiger partial charge in [0.05, 0.1) is 25.9 Å². The van der Waals surface area contributed by atoms with Gasteiger partial charge in [-0.2, -0.15) is 5.26 Å². The molecule has 0 saturated carbocycles. The van der Waals surface area contributed by atoms with Crippen molar-refractivity contribution in [1.29, 1.82) is 5.26 Å². The minimum absolute atomic E-state index is 0.184. The fraction of sp³-hybridized carbons (Fsp3) is 0.200. The molecule has 0 aliphatic rings. The quantitative estimate of drug-likeness (QED) is 0.637. The van der Waals surface area contributed by atoms with E-state index < -0.39 is 0 Å². The molecule has 0 bridgehead atoms. The van der Waals surface area contributed by atoms with Crippen molar-refractivity contribution in [3.8, 4) is 17.6 Å². The summed E-state index contributed by atoms with van der Waals surface area (Å²) < 4.78 is 11.3. The SMILES string of the molecule is C=CCN(Cc1cccc(C#N)c1)C(=O)c1cc(OC)c(Br)c(OC)c1. The van der Waals surface area contributed by atoms with E-state index in [1.807, 2.05) is 6.07 Å². The largest absolute Gasteiger partial charge is 0.495 e. The lowest BCUT2D eigenvalue weighted by atomic mass is 10.1. The van der Waals surface area contributed by atoms with Gasteiger partial charge in [0.15, 0.2) is 0 Å². The standard InChI is InChI=1S/C20H19BrN2O3/c1-4-8-23(13-15-7-5-6-14(9-15)12-22)20(24)16-10-17(25-2)19(21)18(11-16)26-3/h4-7,9-11H,1,8,13H2,2-3H3. The van der Waals surface area contributed by atoms with Crippen LogP contribution < -0.4 is 9.47 Å². The molecule has 2 aromatic carbocycles. The molecule has 0 aliphatic heterocycles. The van der Waals surface area contributed by atoms with Crippen molar-refractivity contribution in [3.05, 3.63) is 70.2 Å². The number of carbonyl (C=O) groups is 1. The van der Waals surface area contributed by atoms with Crippen LogP contribution in [-0.2, 0) is 6.54 Å². The van der Waals surface area contributed by atoms with E-state index in [-0.39, 0.29) is 5.91 Å². The highest BCUT2D eigenvalue weighted by Gasteiger charge is 2.19. The fourth-order valence-electron chi connectivity index (χ4n) is 2.51. The van der Waals surface area contributed by atoms with Crippen molar-refractivity contribution in [3.63, 3.8) is 0 Å². The summed E-state index contributed by atoms with van der Waals surface area (Å²) in [5, 5.41) is 9.05. The van der Waals surface area contributed by atoms with E-state index in [9.17, 15) is 4.79 Å². The third-order valence-electron chi connectivity index (χ3n) is 3.76. The Morgan fingerprint density at radius 2 is 1.92 bits per heavy atom. The van der Waals surface area contributed by atoms with Crippen LogP contribution in [0.5, 0.6) is 11.5 Å². The van der Waals surface area contributed by atoms with Gasteiger partial charge in [0.25, 0.3) is 5.91 Å². The van der Waals surface area contributed by atoms with Crippen LogP contribution in [0.2, 0.25) is 0 Å². The highest BCUT2D eigenvalue weighted by Crippen LogP contribution is 2.36. The molecule has 1 amide bonds. The lowest BCUT2D eigenvalue weighted by Gasteiger charge is -2.22. The van der Waals surface area contributed by atoms with Crippen LogP contribution in [0.1, 0.15) is 21.5 Å². The van der Waals surface area contributed by atoms with Gasteiger partial charge in [0, 0.05) is 18.7 Å². The molecule has 2 aromatic rings. The summed E-state index contributed by atoms with van der Waals surface area (Å²) in [6, 6.07) is 12.6. The Balaban J connectivity index is 2.36. The molecule has 0 radical (unpaired) electrons. The van der Waals surface area contributed by atoms with Crippen molar-refractivity contribution < 1.29 is 14.3 Å². The van der Waals surface area contributed by atoms with E-state index >= 15 is 0 Å². The van der Waals surface area contributed by atoms with E-state index in [2.05, 4.69) is 28.6 Å². The summed E-state index contributed by atoms with van der Waals surface area (Å²) in [6.07, 6.45) is 1.67. The second-order valence-electron chi connectivity index (χ2n) is 5.48. The smallest absolute Gasteiger partial charge is 0.254 e. The molecule has 0 spiro atoms. The first-order chi connectivity index (χ1) is 12.5. The number of rotatable bonds is 7. The van der Waals surface area contributed by atoms with Crippen LogP contribution in [0.15, 0.2) is 53.5 Å². The minimum Gasteiger partial charge on any atom is -0.495 e. The van der Waals surface area contributed by atoms with Crippen LogP contribution in [0, 0.1) is 11.3 Å². The predicted octanol–water partition coefficient (Wildman–Crippen LogP) is 4.17. The third-order valence-corrected chi connectivity index (χ3v) is 4.54. The van der Waals surface area contributed by atoms with Gasteiger partial charge < -0.3 is 14.4 Å². The van der Waals surface area contributed by atoms with E-state index in [4.69, 9.17) is 14.7 Å². The van der Waals surface area contributed by atoms with Gasteiger partial charge in [-0.05, 0) is 45.8 Å². The molecule has 0 saturated heterocycles. The summed E-state index contributed by atoms with van der Waals surface area (Å²) in [6.45, 7) is 4.46. The summed E-state index contributed by atoms with van der Waals surface area (Å²) in [5.74, 6) is 0.840. The zero-order valence-corrected chi connectivity index (χ0v) is 16.2. The first kappa shape index (κ1) is 19.5. The number of carbonyl (C=O) groups excluding carboxylic acids is 1. The molecule has 6 heteroatoms. The fourth-order valence-corrected chi connectivity index (χ4v) is 3.06. The van der Waals surface area contributed by atoms with Crippen LogP contribution >= 0.6 is 15.9 Å². The second-order valence-corrected chi connectivity index (χ2v) is 6.27. The number of halogens is 1. The van der Waals surface area contributed by atoms with Crippen LogP contribution in [0.3, 0.4) is 0 Å². The number of nitrogens with zero attached hydrogens (tertiary/aromatic N) is 2. The van der Waals surface area contributed by atoms with Crippen molar-refractivity contribution in [2.75, 3.05) is 20.8 Å². The number of amides is 1. The Kier molecular flexibility index (Phi) is 6.81. The molecule has 0 N–H and O–H groups in total. The maximum absolute atomic E-state index is 13.0. The van der Waals surface area contributed by atoms with E-state index in [1.54, 1.807) is 41.3 Å². The van der Waals surface area contributed by atoms with Crippen LogP contribution in [0.4, 0.5) is 0 Å². The van der Waals surface area contributed by atoms with Gasteiger partial charge in [-0.3, -0.25) is 4.79 Å². The Morgan fingerprint density at radius 1 is 1.27 bits per heavy atom. The lowest BCUT2D eigenvalue weighted by molar-refractivity contribution is 0.0762. The van der Waals surface area contributed by atoms with Gasteiger partial charge in [0.1, 0.15) is 16.0 Å². The number of ether oxygens (including phenoxy) is 2. The molecule has 5 nitrogen and oxygen atoms in total. The molecule has 0 fully saturated rings. The third kappa shape index (κ3) is 4.44. The molecule has 0 aliphatic carbocycles. The van der Waals surface area contributed by atoms with Gasteiger partial charge >= 0.3 is 0 Å². The van der Waals surface area contributed by atoms with Crippen LogP contribution in [0.25, 0.3) is 0 Å². The van der Waals surface area contributed by atoms with E-state index in [1.165, 1.54) is 14.2 Å². The number of hydrogen-bond acceptors (Lipinski definition) is 4. The van der Waals surface area contributed by atoms with Gasteiger partial charge in [0.2, 0.25) is 0 Å². The lowest BCUT2D eigenvalue weighted by Crippen LogP contribution is -2.30. The highest BCUT2D eigenvalue weighted by atomic mass is 79.9. The van der Waals surface area contributed by atoms with Crippen molar-refractivity contribution in [2.45, 2.75) is 6.54 Å². The maximum atomic E-state index is 13.0. The van der Waals surface area contributed by atoms with E-state index in [0.717, 1.165) is 5.56 Å². The summed E-state index contributed by atoms with van der Waals surface area (Å²) in [5.41, 5.74) is 1.87. The Labute approximate surface area is 161 Å². The molecular formula is C20H19BrN2O3.